The van der Waals surface area contributed by atoms with Crippen LogP contribution in [-0.4, -0.2) is 31.9 Å². The van der Waals surface area contributed by atoms with E-state index in [2.05, 4.69) is 0 Å². The molecule has 0 radical (unpaired) electrons. The van der Waals surface area contributed by atoms with E-state index in [1.54, 1.807) is 17.0 Å². The van der Waals surface area contributed by atoms with Crippen LogP contribution in [0.25, 0.3) is 0 Å². The van der Waals surface area contributed by atoms with E-state index in [0.29, 0.717) is 12.2 Å². The molecular formula is C18H17NO4S. The molecule has 124 valence electrons. The molecule has 2 saturated heterocycles. The first kappa shape index (κ1) is 15.2. The highest BCUT2D eigenvalue weighted by Gasteiger charge is 2.49. The molecule has 0 spiro atoms. The Hall–Kier alpha value is -2.34. The normalized spacial score (nSPS) is 24.8. The lowest BCUT2D eigenvalue weighted by Crippen LogP contribution is -2.36. The summed E-state index contributed by atoms with van der Waals surface area (Å²) in [6, 6.07) is 16.4. The van der Waals surface area contributed by atoms with E-state index in [9.17, 15) is 13.2 Å². The summed E-state index contributed by atoms with van der Waals surface area (Å²) in [5, 5.41) is 0. The maximum atomic E-state index is 12.3. The van der Waals surface area contributed by atoms with Crippen molar-refractivity contribution in [2.45, 2.75) is 12.5 Å². The molecule has 2 aromatic carbocycles. The summed E-state index contributed by atoms with van der Waals surface area (Å²) in [5.74, 6) is 1.51. The van der Waals surface area contributed by atoms with Gasteiger partial charge in [0, 0.05) is 18.0 Å². The third-order valence-electron chi connectivity index (χ3n) is 4.57. The van der Waals surface area contributed by atoms with Crippen molar-refractivity contribution >= 4 is 21.4 Å². The topological polar surface area (TPSA) is 63.7 Å². The van der Waals surface area contributed by atoms with Crippen LogP contribution in [0.4, 0.5) is 5.69 Å². The zero-order chi connectivity index (χ0) is 16.7. The minimum absolute atomic E-state index is 0.00312. The van der Waals surface area contributed by atoms with Gasteiger partial charge in [-0.3, -0.25) is 4.79 Å². The van der Waals surface area contributed by atoms with Crippen molar-refractivity contribution in [3.05, 3.63) is 54.6 Å². The van der Waals surface area contributed by atoms with Crippen LogP contribution in [-0.2, 0) is 14.6 Å². The number of ether oxygens (including phenoxy) is 1. The molecule has 2 fully saturated rings. The first-order chi connectivity index (χ1) is 11.5. The van der Waals surface area contributed by atoms with Gasteiger partial charge in [-0.1, -0.05) is 18.2 Å². The van der Waals surface area contributed by atoms with E-state index in [1.807, 2.05) is 42.5 Å². The van der Waals surface area contributed by atoms with Gasteiger partial charge in [-0.2, -0.15) is 0 Å². The molecule has 0 aliphatic carbocycles. The van der Waals surface area contributed by atoms with Crippen molar-refractivity contribution < 1.29 is 17.9 Å². The fourth-order valence-corrected chi connectivity index (χ4v) is 5.59. The Morgan fingerprint density at radius 1 is 0.917 bits per heavy atom. The largest absolute Gasteiger partial charge is 0.457 e. The van der Waals surface area contributed by atoms with Crippen molar-refractivity contribution in [3.8, 4) is 11.5 Å². The summed E-state index contributed by atoms with van der Waals surface area (Å²) in [7, 11) is -3.04. The molecule has 2 heterocycles. The predicted molar refractivity (Wildman–Crippen MR) is 91.0 cm³/mol. The highest BCUT2D eigenvalue weighted by atomic mass is 32.2. The van der Waals surface area contributed by atoms with Crippen molar-refractivity contribution in [1.29, 1.82) is 0 Å². The first-order valence-electron chi connectivity index (χ1n) is 7.87. The summed E-state index contributed by atoms with van der Waals surface area (Å²) < 4.78 is 29.4. The molecular weight excluding hydrogens is 326 g/mol. The third-order valence-corrected chi connectivity index (χ3v) is 6.35. The monoisotopic (exact) mass is 343 g/mol. The summed E-state index contributed by atoms with van der Waals surface area (Å²) in [5.41, 5.74) is 0.727. The summed E-state index contributed by atoms with van der Waals surface area (Å²) in [6.45, 7) is 0. The van der Waals surface area contributed by atoms with Gasteiger partial charge >= 0.3 is 0 Å². The molecule has 4 rings (SSSR count). The van der Waals surface area contributed by atoms with Gasteiger partial charge in [-0.15, -0.1) is 0 Å². The Bertz CT molecular complexity index is 862. The third kappa shape index (κ3) is 2.78. The summed E-state index contributed by atoms with van der Waals surface area (Å²) in [6.07, 6.45) is 0.312. The number of fused-ring (bicyclic) bond motifs is 1. The van der Waals surface area contributed by atoms with Crippen molar-refractivity contribution in [2.24, 2.45) is 5.92 Å². The van der Waals surface area contributed by atoms with Crippen LogP contribution in [0.1, 0.15) is 6.42 Å². The van der Waals surface area contributed by atoms with Gasteiger partial charge in [0.2, 0.25) is 5.91 Å². The molecule has 0 unspecified atom stereocenters. The smallest absolute Gasteiger partial charge is 0.227 e. The number of nitrogens with zero attached hydrogens (tertiary/aromatic N) is 1. The number of sulfone groups is 1. The van der Waals surface area contributed by atoms with Crippen LogP contribution in [0.2, 0.25) is 0 Å². The van der Waals surface area contributed by atoms with Gasteiger partial charge < -0.3 is 9.64 Å². The number of rotatable bonds is 3. The number of carbonyl (C=O) groups excluding carboxylic acids is 1. The number of amides is 1. The van der Waals surface area contributed by atoms with E-state index in [4.69, 9.17) is 4.74 Å². The first-order valence-corrected chi connectivity index (χ1v) is 9.69. The maximum Gasteiger partial charge on any atom is 0.227 e. The number of hydrogen-bond acceptors (Lipinski definition) is 4. The molecule has 2 aromatic rings. The average Bonchev–Trinajstić information content (AvgIpc) is 2.99. The fourth-order valence-electron chi connectivity index (χ4n) is 3.52. The van der Waals surface area contributed by atoms with E-state index >= 15 is 0 Å². The van der Waals surface area contributed by atoms with Gasteiger partial charge in [0.25, 0.3) is 0 Å². The highest BCUT2D eigenvalue weighted by molar-refractivity contribution is 7.91. The van der Waals surface area contributed by atoms with E-state index in [1.165, 1.54) is 0 Å². The molecule has 2 atom stereocenters. The highest BCUT2D eigenvalue weighted by Crippen LogP contribution is 2.37. The second-order valence-electron chi connectivity index (χ2n) is 6.28. The van der Waals surface area contributed by atoms with Crippen LogP contribution in [0.5, 0.6) is 11.5 Å². The molecule has 2 aliphatic heterocycles. The quantitative estimate of drug-likeness (QED) is 0.859. The van der Waals surface area contributed by atoms with Crippen LogP contribution >= 0.6 is 0 Å². The predicted octanol–water partition coefficient (Wildman–Crippen LogP) is 2.63. The minimum Gasteiger partial charge on any atom is -0.457 e. The van der Waals surface area contributed by atoms with Crippen LogP contribution in [0.15, 0.2) is 54.6 Å². The lowest BCUT2D eigenvalue weighted by molar-refractivity contribution is -0.117. The van der Waals surface area contributed by atoms with Gasteiger partial charge in [0.1, 0.15) is 11.5 Å². The number of carbonyl (C=O) groups is 1. The minimum atomic E-state index is -3.04. The Morgan fingerprint density at radius 2 is 1.58 bits per heavy atom. The number of benzene rings is 2. The Kier molecular flexibility index (Phi) is 3.57. The number of hydrogen-bond donors (Lipinski definition) is 0. The summed E-state index contributed by atoms with van der Waals surface area (Å²) >= 11 is 0. The average molecular weight is 343 g/mol. The van der Waals surface area contributed by atoms with Crippen molar-refractivity contribution in [1.82, 2.24) is 0 Å². The van der Waals surface area contributed by atoms with Crippen molar-refractivity contribution in [3.63, 3.8) is 0 Å². The second kappa shape index (κ2) is 5.63. The lowest BCUT2D eigenvalue weighted by atomic mass is 10.0. The Labute approximate surface area is 140 Å². The van der Waals surface area contributed by atoms with E-state index in [-0.39, 0.29) is 29.4 Å². The molecule has 0 saturated carbocycles. The molecule has 0 bridgehead atoms. The van der Waals surface area contributed by atoms with Gasteiger partial charge in [-0.05, 0) is 36.4 Å². The fraction of sp³-hybridized carbons (Fsp3) is 0.278. The molecule has 1 amide bonds. The van der Waals surface area contributed by atoms with Crippen LogP contribution in [0, 0.1) is 5.92 Å². The number of para-hydroxylation sites is 1. The molecule has 5 nitrogen and oxygen atoms in total. The van der Waals surface area contributed by atoms with Crippen LogP contribution < -0.4 is 9.64 Å². The number of anilines is 1. The zero-order valence-electron chi connectivity index (χ0n) is 13.0. The molecule has 6 heteroatoms. The van der Waals surface area contributed by atoms with E-state index in [0.717, 1.165) is 11.4 Å². The SMILES string of the molecule is O=C1C[C@H]2CS(=O)(=O)C[C@@H]2N1c1ccc(Oc2ccccc2)cc1. The maximum absolute atomic E-state index is 12.3. The van der Waals surface area contributed by atoms with Crippen LogP contribution in [0.3, 0.4) is 0 Å². The van der Waals surface area contributed by atoms with Crippen molar-refractivity contribution in [2.75, 3.05) is 16.4 Å². The molecule has 24 heavy (non-hydrogen) atoms. The molecule has 0 aromatic heterocycles. The zero-order valence-corrected chi connectivity index (χ0v) is 13.8. The van der Waals surface area contributed by atoms with E-state index < -0.39 is 9.84 Å². The van der Waals surface area contributed by atoms with Gasteiger partial charge in [-0.25, -0.2) is 8.42 Å². The lowest BCUT2D eigenvalue weighted by Gasteiger charge is -2.23. The van der Waals surface area contributed by atoms with Gasteiger partial charge in [0.15, 0.2) is 9.84 Å². The molecule has 2 aliphatic rings. The Balaban J connectivity index is 1.55. The second-order valence-corrected chi connectivity index (χ2v) is 8.44. The Morgan fingerprint density at radius 3 is 2.29 bits per heavy atom. The molecule has 0 N–H and O–H groups in total. The standard InChI is InChI=1S/C18H17NO4S/c20-18-10-13-11-24(21,22)12-17(13)19(18)14-6-8-16(9-7-14)23-15-4-2-1-3-5-15/h1-9,13,17H,10-12H2/t13-,17-/m0/s1. The van der Waals surface area contributed by atoms with Gasteiger partial charge in [0.05, 0.1) is 17.5 Å². The summed E-state index contributed by atoms with van der Waals surface area (Å²) in [4.78, 5) is 13.9.